The number of ether oxygens (including phenoxy) is 6. The molecule has 0 unspecified atom stereocenters. The van der Waals surface area contributed by atoms with Crippen molar-refractivity contribution < 1.29 is 52.0 Å². The Balaban J connectivity index is 1.74. The van der Waals surface area contributed by atoms with Crippen molar-refractivity contribution in [2.45, 2.75) is 58.4 Å². The van der Waals surface area contributed by atoms with E-state index in [-0.39, 0.29) is 11.3 Å². The number of esters is 4. The van der Waals surface area contributed by atoms with Crippen LogP contribution in [0.1, 0.15) is 27.7 Å². The highest BCUT2D eigenvalue weighted by molar-refractivity contribution is 6.04. The third-order valence-corrected chi connectivity index (χ3v) is 5.79. The van der Waals surface area contributed by atoms with Gasteiger partial charge in [-0.3, -0.25) is 19.2 Å². The Morgan fingerprint density at radius 1 is 0.744 bits per heavy atom. The molecule has 2 heterocycles. The highest BCUT2D eigenvalue weighted by atomic mass is 16.7. The van der Waals surface area contributed by atoms with Crippen molar-refractivity contribution in [2.75, 3.05) is 6.61 Å². The van der Waals surface area contributed by atoms with Gasteiger partial charge in [-0.05, 0) is 23.6 Å². The standard InChI is InChI=1S/C27H26O12/c1-13(28)33-12-22-23(34-14(2)29)24(35-15(3)30)25(36-16(4)31)27(39-22)37-17-9-10-19-18-7-5-6-8-20(18)26(32)38-21(19)11-17/h5-11,22-25,27H,12H2,1-4H3/t22-,23+,24-,25+,27+/m0/s1. The Labute approximate surface area is 221 Å². The number of rotatable bonds is 7. The van der Waals surface area contributed by atoms with E-state index in [1.54, 1.807) is 36.4 Å². The fourth-order valence-corrected chi connectivity index (χ4v) is 4.35. The molecule has 1 fully saturated rings. The van der Waals surface area contributed by atoms with Gasteiger partial charge in [-0.2, -0.15) is 0 Å². The van der Waals surface area contributed by atoms with Crippen LogP contribution in [-0.4, -0.2) is 61.2 Å². The minimum atomic E-state index is -1.42. The van der Waals surface area contributed by atoms with Gasteiger partial charge >= 0.3 is 29.5 Å². The van der Waals surface area contributed by atoms with E-state index in [1.807, 2.05) is 0 Å². The first-order chi connectivity index (χ1) is 18.5. The number of fused-ring (bicyclic) bond motifs is 3. The van der Waals surface area contributed by atoms with Gasteiger partial charge in [0.1, 0.15) is 24.0 Å². The van der Waals surface area contributed by atoms with Crippen molar-refractivity contribution in [3.63, 3.8) is 0 Å². The zero-order valence-electron chi connectivity index (χ0n) is 21.5. The highest BCUT2D eigenvalue weighted by Crippen LogP contribution is 2.32. The summed E-state index contributed by atoms with van der Waals surface area (Å²) in [6, 6.07) is 11.7. The number of hydrogen-bond acceptors (Lipinski definition) is 12. The van der Waals surface area contributed by atoms with E-state index in [9.17, 15) is 24.0 Å². The van der Waals surface area contributed by atoms with Crippen LogP contribution in [0.5, 0.6) is 5.75 Å². The molecule has 12 nitrogen and oxygen atoms in total. The molecule has 0 radical (unpaired) electrons. The summed E-state index contributed by atoms with van der Waals surface area (Å²) in [5.41, 5.74) is -0.315. The minimum absolute atomic E-state index is 0.154. The molecule has 206 valence electrons. The van der Waals surface area contributed by atoms with Crippen molar-refractivity contribution in [3.05, 3.63) is 52.9 Å². The number of carbonyl (C=O) groups is 4. The van der Waals surface area contributed by atoms with E-state index in [1.165, 1.54) is 13.0 Å². The molecule has 1 aromatic heterocycles. The second-order valence-electron chi connectivity index (χ2n) is 8.78. The molecule has 39 heavy (non-hydrogen) atoms. The van der Waals surface area contributed by atoms with Crippen molar-refractivity contribution in [1.29, 1.82) is 0 Å². The van der Waals surface area contributed by atoms with E-state index in [2.05, 4.69) is 0 Å². The van der Waals surface area contributed by atoms with Gasteiger partial charge in [0.2, 0.25) is 12.4 Å². The fourth-order valence-electron chi connectivity index (χ4n) is 4.35. The van der Waals surface area contributed by atoms with Gasteiger partial charge in [-0.1, -0.05) is 18.2 Å². The third kappa shape index (κ3) is 6.34. The van der Waals surface area contributed by atoms with Gasteiger partial charge in [-0.25, -0.2) is 4.79 Å². The summed E-state index contributed by atoms with van der Waals surface area (Å²) in [6.45, 7) is 4.16. The lowest BCUT2D eigenvalue weighted by Gasteiger charge is -2.43. The van der Waals surface area contributed by atoms with Crippen LogP contribution in [0.3, 0.4) is 0 Å². The molecule has 0 saturated carbocycles. The lowest BCUT2D eigenvalue weighted by molar-refractivity contribution is -0.288. The molecule has 0 spiro atoms. The molecule has 0 bridgehead atoms. The quantitative estimate of drug-likeness (QED) is 0.186. The third-order valence-electron chi connectivity index (χ3n) is 5.79. The smallest absolute Gasteiger partial charge is 0.344 e. The molecule has 12 heteroatoms. The Morgan fingerprint density at radius 2 is 1.36 bits per heavy atom. The van der Waals surface area contributed by atoms with Crippen molar-refractivity contribution in [3.8, 4) is 5.75 Å². The molecule has 1 aliphatic heterocycles. The summed E-state index contributed by atoms with van der Waals surface area (Å²) in [5, 5.41) is 1.75. The van der Waals surface area contributed by atoms with Gasteiger partial charge in [0.25, 0.3) is 0 Å². The first kappa shape index (κ1) is 27.6. The largest absolute Gasteiger partial charge is 0.463 e. The number of hydrogen-bond donors (Lipinski definition) is 0. The van der Waals surface area contributed by atoms with Crippen molar-refractivity contribution >= 4 is 45.6 Å². The first-order valence-electron chi connectivity index (χ1n) is 12.0. The van der Waals surface area contributed by atoms with Crippen LogP contribution in [0.25, 0.3) is 21.7 Å². The molecule has 0 aliphatic carbocycles. The number of benzene rings is 2. The molecule has 5 atom stereocenters. The maximum absolute atomic E-state index is 12.5. The van der Waals surface area contributed by atoms with Crippen molar-refractivity contribution in [2.24, 2.45) is 0 Å². The second kappa shape index (κ2) is 11.5. The van der Waals surface area contributed by atoms with Crippen LogP contribution >= 0.6 is 0 Å². The Morgan fingerprint density at radius 3 is 2.00 bits per heavy atom. The number of carbonyl (C=O) groups excluding carboxylic acids is 4. The predicted molar refractivity (Wildman–Crippen MR) is 133 cm³/mol. The van der Waals surface area contributed by atoms with E-state index in [0.717, 1.165) is 20.8 Å². The van der Waals surface area contributed by atoms with E-state index >= 15 is 0 Å². The topological polar surface area (TPSA) is 154 Å². The second-order valence-corrected chi connectivity index (χ2v) is 8.78. The average molecular weight is 542 g/mol. The van der Waals surface area contributed by atoms with Crippen LogP contribution in [0, 0.1) is 0 Å². The van der Waals surface area contributed by atoms with Gasteiger partial charge in [0.05, 0.1) is 5.39 Å². The molecule has 1 aliphatic rings. The summed E-state index contributed by atoms with van der Waals surface area (Å²) < 4.78 is 38.6. The van der Waals surface area contributed by atoms with Crippen LogP contribution in [-0.2, 0) is 42.9 Å². The Bertz CT molecular complexity index is 1470. The molecule has 3 aromatic rings. The zero-order chi connectivity index (χ0) is 28.3. The van der Waals surface area contributed by atoms with Gasteiger partial charge in [-0.15, -0.1) is 0 Å². The zero-order valence-corrected chi connectivity index (χ0v) is 21.5. The van der Waals surface area contributed by atoms with Crippen LogP contribution in [0.2, 0.25) is 0 Å². The maximum atomic E-state index is 12.5. The summed E-state index contributed by atoms with van der Waals surface area (Å²) in [5.74, 6) is -2.75. The molecule has 2 aromatic carbocycles. The molecule has 4 rings (SSSR count). The van der Waals surface area contributed by atoms with Gasteiger partial charge < -0.3 is 32.8 Å². The van der Waals surface area contributed by atoms with Gasteiger partial charge in [0.15, 0.2) is 12.2 Å². The highest BCUT2D eigenvalue weighted by Gasteiger charge is 2.53. The fraction of sp³-hybridized carbons (Fsp3) is 0.370. The Kier molecular flexibility index (Phi) is 8.15. The lowest BCUT2D eigenvalue weighted by atomic mass is 9.98. The summed E-state index contributed by atoms with van der Waals surface area (Å²) >= 11 is 0. The van der Waals surface area contributed by atoms with Crippen LogP contribution in [0.15, 0.2) is 51.7 Å². The summed E-state index contributed by atoms with van der Waals surface area (Å²) in [7, 11) is 0. The van der Waals surface area contributed by atoms with Crippen LogP contribution < -0.4 is 10.4 Å². The maximum Gasteiger partial charge on any atom is 0.344 e. The SMILES string of the molecule is CC(=O)OC[C@@H]1O[C@@H](Oc2ccc3c(c2)oc(=O)c2ccccc23)[C@H](OC(C)=O)[C@@H](OC(C)=O)[C@@H]1OC(C)=O. The van der Waals surface area contributed by atoms with E-state index in [0.29, 0.717) is 16.2 Å². The average Bonchev–Trinajstić information content (AvgIpc) is 2.85. The minimum Gasteiger partial charge on any atom is -0.463 e. The summed E-state index contributed by atoms with van der Waals surface area (Å²) in [6.07, 6.45) is -6.67. The van der Waals surface area contributed by atoms with Crippen LogP contribution in [0.4, 0.5) is 0 Å². The Hall–Kier alpha value is -4.45. The van der Waals surface area contributed by atoms with E-state index < -0.39 is 66.8 Å². The van der Waals surface area contributed by atoms with Crippen molar-refractivity contribution in [1.82, 2.24) is 0 Å². The monoisotopic (exact) mass is 542 g/mol. The van der Waals surface area contributed by atoms with E-state index in [4.69, 9.17) is 32.8 Å². The van der Waals surface area contributed by atoms with Gasteiger partial charge in [0, 0.05) is 39.1 Å². The predicted octanol–water partition coefficient (Wildman–Crippen LogP) is 2.41. The lowest BCUT2D eigenvalue weighted by Crippen LogP contribution is -2.63. The first-order valence-corrected chi connectivity index (χ1v) is 12.0. The molecule has 0 N–H and O–H groups in total. The molecule has 1 saturated heterocycles. The molecular formula is C27H26O12. The summed E-state index contributed by atoms with van der Waals surface area (Å²) in [4.78, 5) is 59.8. The molecular weight excluding hydrogens is 516 g/mol. The molecule has 0 amide bonds. The normalized spacial score (nSPS) is 22.6.